The zero-order valence-corrected chi connectivity index (χ0v) is 15.0. The van der Waals surface area contributed by atoms with Crippen LogP contribution in [0.2, 0.25) is 0 Å². The molecule has 0 amide bonds. The molecule has 0 aliphatic carbocycles. The lowest BCUT2D eigenvalue weighted by molar-refractivity contribution is 0.103. The average molecular weight is 328 g/mol. The van der Waals surface area contributed by atoms with E-state index >= 15 is 0 Å². The third-order valence-electron chi connectivity index (χ3n) is 4.66. The molecule has 0 spiro atoms. The van der Waals surface area contributed by atoms with Crippen LogP contribution in [0, 0.1) is 27.7 Å². The minimum Gasteiger partial charge on any atom is -0.496 e. The summed E-state index contributed by atoms with van der Waals surface area (Å²) < 4.78 is 10.9. The molecule has 0 saturated carbocycles. The highest BCUT2D eigenvalue weighted by molar-refractivity contribution is 6.15. The quantitative estimate of drug-likeness (QED) is 0.664. The molecule has 2 rings (SSSR count). The summed E-state index contributed by atoms with van der Waals surface area (Å²) in [6, 6.07) is 3.67. The Morgan fingerprint density at radius 3 is 1.96 bits per heavy atom. The standard InChI is InChI=1S/C19H24N2O3/c1-9-7-8-13(18(23-5)10(9)2)17(22)14-11(3)12(4)15(20)16(21)19(14)24-6/h7-8H,20-21H2,1-6H3. The van der Waals surface area contributed by atoms with E-state index in [-0.39, 0.29) is 11.5 Å². The number of benzene rings is 2. The monoisotopic (exact) mass is 328 g/mol. The Bertz CT molecular complexity index is 826. The van der Waals surface area contributed by atoms with Gasteiger partial charge in [0.2, 0.25) is 5.78 Å². The van der Waals surface area contributed by atoms with Gasteiger partial charge in [-0.25, -0.2) is 0 Å². The van der Waals surface area contributed by atoms with Gasteiger partial charge in [-0.2, -0.15) is 0 Å². The molecular weight excluding hydrogens is 304 g/mol. The molecule has 24 heavy (non-hydrogen) atoms. The number of hydrogen-bond donors (Lipinski definition) is 2. The molecular formula is C19H24N2O3. The zero-order chi connectivity index (χ0) is 18.2. The van der Waals surface area contributed by atoms with Gasteiger partial charge in [0, 0.05) is 0 Å². The van der Waals surface area contributed by atoms with Crippen LogP contribution in [0.1, 0.15) is 38.2 Å². The molecule has 0 saturated heterocycles. The third kappa shape index (κ3) is 2.56. The maximum atomic E-state index is 13.2. The number of methoxy groups -OCH3 is 2. The van der Waals surface area contributed by atoms with Crippen molar-refractivity contribution in [3.05, 3.63) is 45.5 Å². The van der Waals surface area contributed by atoms with Gasteiger partial charge >= 0.3 is 0 Å². The van der Waals surface area contributed by atoms with Crippen LogP contribution in [0.25, 0.3) is 0 Å². The van der Waals surface area contributed by atoms with Crippen molar-refractivity contribution in [2.75, 3.05) is 25.7 Å². The van der Waals surface area contributed by atoms with Crippen molar-refractivity contribution in [1.82, 2.24) is 0 Å². The van der Waals surface area contributed by atoms with Gasteiger partial charge in [-0.05, 0) is 56.0 Å². The second-order valence-electron chi connectivity index (χ2n) is 5.90. The maximum absolute atomic E-state index is 13.2. The van der Waals surface area contributed by atoms with Gasteiger partial charge in [0.25, 0.3) is 0 Å². The van der Waals surface area contributed by atoms with E-state index in [9.17, 15) is 4.79 Å². The van der Waals surface area contributed by atoms with E-state index < -0.39 is 0 Å². The van der Waals surface area contributed by atoms with Crippen LogP contribution in [0.4, 0.5) is 11.4 Å². The molecule has 0 aromatic heterocycles. The van der Waals surface area contributed by atoms with Crippen LogP contribution in [0.3, 0.4) is 0 Å². The Morgan fingerprint density at radius 2 is 1.42 bits per heavy atom. The Balaban J connectivity index is 2.79. The van der Waals surface area contributed by atoms with E-state index in [1.54, 1.807) is 13.2 Å². The van der Waals surface area contributed by atoms with E-state index in [2.05, 4.69) is 0 Å². The molecule has 5 nitrogen and oxygen atoms in total. The lowest BCUT2D eigenvalue weighted by Gasteiger charge is -2.19. The van der Waals surface area contributed by atoms with Gasteiger partial charge in [-0.1, -0.05) is 6.07 Å². The molecule has 0 heterocycles. The Labute approximate surface area is 142 Å². The van der Waals surface area contributed by atoms with Crippen LogP contribution < -0.4 is 20.9 Å². The first-order valence-corrected chi connectivity index (χ1v) is 7.67. The number of aryl methyl sites for hydroxylation is 1. The number of carbonyl (C=O) groups is 1. The van der Waals surface area contributed by atoms with Crippen molar-refractivity contribution in [2.45, 2.75) is 27.7 Å². The Hall–Kier alpha value is -2.69. The van der Waals surface area contributed by atoms with Gasteiger partial charge < -0.3 is 20.9 Å². The van der Waals surface area contributed by atoms with Gasteiger partial charge in [0.05, 0.1) is 36.7 Å². The molecule has 2 aromatic rings. The molecule has 0 aliphatic rings. The minimum absolute atomic E-state index is 0.195. The third-order valence-corrected chi connectivity index (χ3v) is 4.66. The number of hydrogen-bond acceptors (Lipinski definition) is 5. The van der Waals surface area contributed by atoms with Crippen molar-refractivity contribution in [3.63, 3.8) is 0 Å². The number of rotatable bonds is 4. The molecule has 0 bridgehead atoms. The molecule has 5 heteroatoms. The number of carbonyl (C=O) groups excluding carboxylic acids is 1. The summed E-state index contributed by atoms with van der Waals surface area (Å²) in [5, 5.41) is 0. The second-order valence-corrected chi connectivity index (χ2v) is 5.90. The second kappa shape index (κ2) is 6.43. The van der Waals surface area contributed by atoms with Gasteiger partial charge in [-0.15, -0.1) is 0 Å². The molecule has 0 unspecified atom stereocenters. The lowest BCUT2D eigenvalue weighted by atomic mass is 9.91. The predicted molar refractivity (Wildman–Crippen MR) is 97.2 cm³/mol. The first-order valence-electron chi connectivity index (χ1n) is 7.67. The SMILES string of the molecule is COc1c(C(=O)c2c(C)c(C)c(N)c(N)c2OC)ccc(C)c1C. The molecule has 0 fully saturated rings. The summed E-state index contributed by atoms with van der Waals surface area (Å²) in [5.74, 6) is 0.675. The average Bonchev–Trinajstić information content (AvgIpc) is 2.57. The Morgan fingerprint density at radius 1 is 0.833 bits per heavy atom. The fourth-order valence-corrected chi connectivity index (χ4v) is 2.87. The zero-order valence-electron chi connectivity index (χ0n) is 15.0. The summed E-state index contributed by atoms with van der Waals surface area (Å²) in [6.45, 7) is 7.59. The first kappa shape index (κ1) is 17.7. The maximum Gasteiger partial charge on any atom is 0.200 e. The number of anilines is 2. The Kier molecular flexibility index (Phi) is 4.73. The van der Waals surface area contributed by atoms with Crippen LogP contribution in [0.5, 0.6) is 11.5 Å². The fourth-order valence-electron chi connectivity index (χ4n) is 2.87. The van der Waals surface area contributed by atoms with Crippen LogP contribution in [-0.2, 0) is 0 Å². The van der Waals surface area contributed by atoms with E-state index in [1.807, 2.05) is 33.8 Å². The smallest absolute Gasteiger partial charge is 0.200 e. The van der Waals surface area contributed by atoms with Crippen molar-refractivity contribution < 1.29 is 14.3 Å². The van der Waals surface area contributed by atoms with Gasteiger partial charge in [0.1, 0.15) is 5.75 Å². The number of ketones is 1. The summed E-state index contributed by atoms with van der Waals surface area (Å²) in [6.07, 6.45) is 0. The van der Waals surface area contributed by atoms with Crippen LogP contribution >= 0.6 is 0 Å². The number of ether oxygens (including phenoxy) is 2. The molecule has 0 radical (unpaired) electrons. The van der Waals surface area contributed by atoms with E-state index in [4.69, 9.17) is 20.9 Å². The summed E-state index contributed by atoms with van der Waals surface area (Å²) in [4.78, 5) is 13.2. The van der Waals surface area contributed by atoms with Crippen molar-refractivity contribution in [3.8, 4) is 11.5 Å². The van der Waals surface area contributed by atoms with Gasteiger partial charge in [-0.3, -0.25) is 4.79 Å². The lowest BCUT2D eigenvalue weighted by Crippen LogP contribution is -2.13. The number of nitrogen functional groups attached to an aromatic ring is 2. The largest absolute Gasteiger partial charge is 0.496 e. The fraction of sp³-hybridized carbons (Fsp3) is 0.316. The van der Waals surface area contributed by atoms with Crippen molar-refractivity contribution in [2.24, 2.45) is 0 Å². The normalized spacial score (nSPS) is 10.6. The highest BCUT2D eigenvalue weighted by atomic mass is 16.5. The summed E-state index contributed by atoms with van der Waals surface area (Å²) in [7, 11) is 3.04. The highest BCUT2D eigenvalue weighted by Gasteiger charge is 2.26. The molecule has 0 atom stereocenters. The van der Waals surface area contributed by atoms with Gasteiger partial charge in [0.15, 0.2) is 5.75 Å². The van der Waals surface area contributed by atoms with E-state index in [1.165, 1.54) is 7.11 Å². The van der Waals surface area contributed by atoms with Crippen LogP contribution in [-0.4, -0.2) is 20.0 Å². The summed E-state index contributed by atoms with van der Waals surface area (Å²) >= 11 is 0. The predicted octanol–water partition coefficient (Wildman–Crippen LogP) is 3.33. The van der Waals surface area contributed by atoms with Crippen molar-refractivity contribution >= 4 is 17.2 Å². The molecule has 2 aromatic carbocycles. The van der Waals surface area contributed by atoms with Crippen molar-refractivity contribution in [1.29, 1.82) is 0 Å². The van der Waals surface area contributed by atoms with E-state index in [0.29, 0.717) is 28.3 Å². The highest BCUT2D eigenvalue weighted by Crippen LogP contribution is 2.40. The van der Waals surface area contributed by atoms with E-state index in [0.717, 1.165) is 22.3 Å². The summed E-state index contributed by atoms with van der Waals surface area (Å²) in [5.41, 5.74) is 17.2. The minimum atomic E-state index is -0.195. The number of nitrogens with two attached hydrogens (primary N) is 2. The molecule has 4 N–H and O–H groups in total. The first-order chi connectivity index (χ1) is 11.3. The molecule has 128 valence electrons. The topological polar surface area (TPSA) is 87.6 Å². The molecule has 0 aliphatic heterocycles. The van der Waals surface area contributed by atoms with Crippen LogP contribution in [0.15, 0.2) is 12.1 Å².